The number of amides is 1. The van der Waals surface area contributed by atoms with Crippen molar-refractivity contribution in [3.8, 4) is 11.5 Å². The lowest BCUT2D eigenvalue weighted by Crippen LogP contribution is -2.25. The SMILES string of the molecule is CCOc1cc(CN(C)C(=O)c2ccc(CSc3nccn3C)o2)ccc1OC(F)F. The van der Waals surface area contributed by atoms with Gasteiger partial charge in [0.15, 0.2) is 22.4 Å². The summed E-state index contributed by atoms with van der Waals surface area (Å²) >= 11 is 1.51. The highest BCUT2D eigenvalue weighted by Gasteiger charge is 2.18. The Morgan fingerprint density at radius 2 is 2.10 bits per heavy atom. The summed E-state index contributed by atoms with van der Waals surface area (Å²) in [5, 5.41) is 0.853. The van der Waals surface area contributed by atoms with E-state index in [1.165, 1.54) is 22.7 Å². The lowest BCUT2D eigenvalue weighted by molar-refractivity contribution is -0.0514. The van der Waals surface area contributed by atoms with Crippen molar-refractivity contribution < 1.29 is 27.5 Å². The van der Waals surface area contributed by atoms with E-state index in [1.807, 2.05) is 17.8 Å². The molecule has 1 aromatic carbocycles. The number of furan rings is 1. The third-order valence-electron chi connectivity index (χ3n) is 4.28. The summed E-state index contributed by atoms with van der Waals surface area (Å²) in [6.45, 7) is -0.664. The highest BCUT2D eigenvalue weighted by atomic mass is 32.2. The van der Waals surface area contributed by atoms with Crippen molar-refractivity contribution in [1.82, 2.24) is 14.5 Å². The number of nitrogens with zero attached hydrogens (tertiary/aromatic N) is 3. The largest absolute Gasteiger partial charge is 0.490 e. The van der Waals surface area contributed by atoms with Gasteiger partial charge in [0, 0.05) is 33.0 Å². The molecule has 3 aromatic rings. The number of benzene rings is 1. The van der Waals surface area contributed by atoms with Gasteiger partial charge in [-0.05, 0) is 36.8 Å². The number of thioether (sulfide) groups is 1. The van der Waals surface area contributed by atoms with Gasteiger partial charge in [-0.1, -0.05) is 17.8 Å². The molecule has 7 nitrogen and oxygen atoms in total. The summed E-state index contributed by atoms with van der Waals surface area (Å²) in [6.07, 6.45) is 3.58. The molecule has 0 N–H and O–H groups in total. The van der Waals surface area contributed by atoms with Crippen LogP contribution in [0.5, 0.6) is 11.5 Å². The van der Waals surface area contributed by atoms with Crippen molar-refractivity contribution in [3.63, 3.8) is 0 Å². The smallest absolute Gasteiger partial charge is 0.387 e. The number of aryl methyl sites for hydroxylation is 1. The van der Waals surface area contributed by atoms with Crippen molar-refractivity contribution in [2.24, 2.45) is 7.05 Å². The van der Waals surface area contributed by atoms with Gasteiger partial charge < -0.3 is 23.4 Å². The zero-order valence-corrected chi connectivity index (χ0v) is 18.2. The predicted octanol–water partition coefficient (Wildman–Crippen LogP) is 4.58. The first-order valence-corrected chi connectivity index (χ1v) is 10.5. The Morgan fingerprint density at radius 3 is 2.77 bits per heavy atom. The van der Waals surface area contributed by atoms with Crippen LogP contribution in [0.25, 0.3) is 0 Å². The lowest BCUT2D eigenvalue weighted by Gasteiger charge is -2.18. The Labute approximate surface area is 183 Å². The second-order valence-corrected chi connectivity index (χ2v) is 7.57. The van der Waals surface area contributed by atoms with Gasteiger partial charge in [-0.3, -0.25) is 4.79 Å². The van der Waals surface area contributed by atoms with Crippen LogP contribution < -0.4 is 9.47 Å². The number of halogens is 2. The van der Waals surface area contributed by atoms with Crippen LogP contribution in [0.3, 0.4) is 0 Å². The van der Waals surface area contributed by atoms with Crippen LogP contribution in [0.4, 0.5) is 8.78 Å². The molecule has 0 radical (unpaired) electrons. The van der Waals surface area contributed by atoms with E-state index in [2.05, 4.69) is 9.72 Å². The van der Waals surface area contributed by atoms with E-state index in [0.717, 1.165) is 5.16 Å². The van der Waals surface area contributed by atoms with Gasteiger partial charge in [0.05, 0.1) is 12.4 Å². The molecule has 0 fully saturated rings. The van der Waals surface area contributed by atoms with E-state index < -0.39 is 6.61 Å². The molecule has 0 aliphatic heterocycles. The van der Waals surface area contributed by atoms with E-state index in [4.69, 9.17) is 9.15 Å². The fourth-order valence-electron chi connectivity index (χ4n) is 2.84. The molecule has 31 heavy (non-hydrogen) atoms. The van der Waals surface area contributed by atoms with Crippen molar-refractivity contribution in [2.75, 3.05) is 13.7 Å². The Kier molecular flexibility index (Phi) is 7.56. The number of carbonyl (C=O) groups excluding carboxylic acids is 1. The van der Waals surface area contributed by atoms with Gasteiger partial charge in [0.25, 0.3) is 5.91 Å². The van der Waals surface area contributed by atoms with Gasteiger partial charge in [0.1, 0.15) is 5.76 Å². The van der Waals surface area contributed by atoms with E-state index >= 15 is 0 Å². The molecule has 0 saturated heterocycles. The topological polar surface area (TPSA) is 69.7 Å². The molecular formula is C21H23F2N3O4S. The Balaban J connectivity index is 1.63. The average Bonchev–Trinajstić information content (AvgIpc) is 3.36. The maximum absolute atomic E-state index is 12.7. The summed E-state index contributed by atoms with van der Waals surface area (Å²) in [5.74, 6) is 1.30. The molecule has 0 bridgehead atoms. The highest BCUT2D eigenvalue weighted by Crippen LogP contribution is 2.30. The van der Waals surface area contributed by atoms with Crippen molar-refractivity contribution in [1.29, 1.82) is 0 Å². The summed E-state index contributed by atoms with van der Waals surface area (Å²) in [6, 6.07) is 8.01. The predicted molar refractivity (Wildman–Crippen MR) is 112 cm³/mol. The van der Waals surface area contributed by atoms with Crippen LogP contribution in [0.2, 0.25) is 0 Å². The fourth-order valence-corrected chi connectivity index (χ4v) is 3.67. The summed E-state index contributed by atoms with van der Waals surface area (Å²) in [7, 11) is 3.54. The van der Waals surface area contributed by atoms with Gasteiger partial charge in [0.2, 0.25) is 0 Å². The van der Waals surface area contributed by atoms with Crippen LogP contribution in [0, 0.1) is 0 Å². The van der Waals surface area contributed by atoms with Crippen LogP contribution in [0.1, 0.15) is 28.8 Å². The van der Waals surface area contributed by atoms with Gasteiger partial charge in [-0.2, -0.15) is 8.78 Å². The molecule has 10 heteroatoms. The number of imidazole rings is 1. The molecule has 166 valence electrons. The number of rotatable bonds is 10. The van der Waals surface area contributed by atoms with Crippen molar-refractivity contribution in [3.05, 3.63) is 59.8 Å². The maximum Gasteiger partial charge on any atom is 0.387 e. The van der Waals surface area contributed by atoms with E-state index in [1.54, 1.807) is 44.4 Å². The molecule has 1 amide bonds. The minimum atomic E-state index is -2.95. The van der Waals surface area contributed by atoms with E-state index in [-0.39, 0.29) is 29.7 Å². The third kappa shape index (κ3) is 6.00. The Bertz CT molecular complexity index is 1020. The van der Waals surface area contributed by atoms with Gasteiger partial charge >= 0.3 is 6.61 Å². The van der Waals surface area contributed by atoms with Gasteiger partial charge in [-0.25, -0.2) is 4.98 Å². The average molecular weight is 451 g/mol. The zero-order chi connectivity index (χ0) is 22.4. The van der Waals surface area contributed by atoms with Crippen molar-refractivity contribution in [2.45, 2.75) is 31.0 Å². The number of carbonyl (C=O) groups is 1. The quantitative estimate of drug-likeness (QED) is 0.421. The number of aromatic nitrogens is 2. The number of hydrogen-bond donors (Lipinski definition) is 0. The minimum absolute atomic E-state index is 0.0459. The van der Waals surface area contributed by atoms with E-state index in [0.29, 0.717) is 23.7 Å². The van der Waals surface area contributed by atoms with Crippen LogP contribution >= 0.6 is 11.8 Å². The normalized spacial score (nSPS) is 11.0. The second-order valence-electron chi connectivity index (χ2n) is 6.63. The van der Waals surface area contributed by atoms with Crippen LogP contribution in [0.15, 0.2) is 52.3 Å². The molecule has 2 aromatic heterocycles. The first-order chi connectivity index (χ1) is 14.9. The standard InChI is InChI=1S/C21H23F2N3O4S/c1-4-28-18-11-14(5-7-16(18)30-20(22)23)12-26(3)19(27)17-8-6-15(29-17)13-31-21-24-9-10-25(21)2/h5-11,20H,4,12-13H2,1-3H3. The number of hydrogen-bond acceptors (Lipinski definition) is 6. The lowest BCUT2D eigenvalue weighted by atomic mass is 10.2. The molecule has 0 saturated carbocycles. The van der Waals surface area contributed by atoms with Crippen LogP contribution in [-0.2, 0) is 19.3 Å². The number of alkyl halides is 2. The molecule has 0 spiro atoms. The molecule has 0 atom stereocenters. The molecule has 0 unspecified atom stereocenters. The maximum atomic E-state index is 12.7. The monoisotopic (exact) mass is 451 g/mol. The fraction of sp³-hybridized carbons (Fsp3) is 0.333. The molecular weight excluding hydrogens is 428 g/mol. The Morgan fingerprint density at radius 1 is 1.29 bits per heavy atom. The van der Waals surface area contributed by atoms with Crippen LogP contribution in [-0.4, -0.2) is 40.6 Å². The van der Waals surface area contributed by atoms with E-state index in [9.17, 15) is 13.6 Å². The van der Waals surface area contributed by atoms with Crippen molar-refractivity contribution >= 4 is 17.7 Å². The molecule has 0 aliphatic carbocycles. The summed E-state index contributed by atoms with van der Waals surface area (Å²) in [4.78, 5) is 18.4. The zero-order valence-electron chi connectivity index (χ0n) is 17.4. The second kappa shape index (κ2) is 10.3. The Hall–Kier alpha value is -3.01. The molecule has 2 heterocycles. The molecule has 0 aliphatic rings. The minimum Gasteiger partial charge on any atom is -0.490 e. The summed E-state index contributed by atoms with van der Waals surface area (Å²) in [5.41, 5.74) is 0.707. The third-order valence-corrected chi connectivity index (χ3v) is 5.36. The first kappa shape index (κ1) is 22.7. The number of ether oxygens (including phenoxy) is 2. The first-order valence-electron chi connectivity index (χ1n) is 9.52. The summed E-state index contributed by atoms with van der Waals surface area (Å²) < 4.78 is 42.6. The van der Waals surface area contributed by atoms with Gasteiger partial charge in [-0.15, -0.1) is 0 Å². The highest BCUT2D eigenvalue weighted by molar-refractivity contribution is 7.98. The molecule has 3 rings (SSSR count).